The molecule has 0 atom stereocenters. The van der Waals surface area contributed by atoms with Crippen LogP contribution in [-0.2, 0) is 11.2 Å². The van der Waals surface area contributed by atoms with Crippen LogP contribution in [0.1, 0.15) is 25.8 Å². The first-order chi connectivity index (χ1) is 10.2. The maximum Gasteiger partial charge on any atom is 0.264 e. The highest BCUT2D eigenvalue weighted by Gasteiger charge is 2.31. The van der Waals surface area contributed by atoms with Crippen molar-refractivity contribution in [2.45, 2.75) is 26.7 Å². The van der Waals surface area contributed by atoms with Gasteiger partial charge in [-0.15, -0.1) is 12.4 Å². The predicted octanol–water partition coefficient (Wildman–Crippen LogP) is 3.65. The molecule has 2 heterocycles. The molecule has 1 aromatic carbocycles. The zero-order valence-electron chi connectivity index (χ0n) is 12.8. The summed E-state index contributed by atoms with van der Waals surface area (Å²) in [5.74, 6) is -0.0427. The van der Waals surface area contributed by atoms with E-state index in [1.54, 1.807) is 0 Å². The normalized spacial score (nSPS) is 16.8. The van der Waals surface area contributed by atoms with Gasteiger partial charge in [0.2, 0.25) is 0 Å². The Morgan fingerprint density at radius 3 is 2.73 bits per heavy atom. The highest BCUT2D eigenvalue weighted by atomic mass is 35.5. The second kappa shape index (κ2) is 7.20. The van der Waals surface area contributed by atoms with Gasteiger partial charge in [0.05, 0.1) is 4.91 Å². The van der Waals surface area contributed by atoms with E-state index in [1.807, 2.05) is 31.2 Å². The minimum absolute atomic E-state index is 0. The molecule has 0 aliphatic carbocycles. The fourth-order valence-electron chi connectivity index (χ4n) is 2.49. The molecule has 2 aliphatic heterocycles. The zero-order chi connectivity index (χ0) is 14.8. The van der Waals surface area contributed by atoms with Crippen LogP contribution in [0.2, 0.25) is 0 Å². The van der Waals surface area contributed by atoms with Crippen LogP contribution in [0.3, 0.4) is 0 Å². The fourth-order valence-corrected chi connectivity index (χ4v) is 3.57. The largest absolute Gasteiger partial charge is 0.324 e. The Labute approximate surface area is 141 Å². The van der Waals surface area contributed by atoms with Gasteiger partial charge in [-0.1, -0.05) is 19.1 Å². The van der Waals surface area contributed by atoms with E-state index in [9.17, 15) is 4.79 Å². The molecule has 3 rings (SSSR count). The molecule has 4 nitrogen and oxygen atoms in total. The molecular formula is C16H20ClN3OS. The van der Waals surface area contributed by atoms with Crippen LogP contribution in [0.25, 0.3) is 0 Å². The molecule has 6 heteroatoms. The molecule has 1 N–H and O–H groups in total. The van der Waals surface area contributed by atoms with Gasteiger partial charge in [-0.3, -0.25) is 9.79 Å². The van der Waals surface area contributed by atoms with E-state index in [0.717, 1.165) is 47.4 Å². The number of amidine groups is 1. The Hall–Kier alpha value is -1.46. The third-order valence-electron chi connectivity index (χ3n) is 3.77. The van der Waals surface area contributed by atoms with Gasteiger partial charge >= 0.3 is 0 Å². The van der Waals surface area contributed by atoms with Gasteiger partial charge in [0.1, 0.15) is 0 Å². The zero-order valence-corrected chi connectivity index (χ0v) is 14.4. The minimum Gasteiger partial charge on any atom is -0.324 e. The molecule has 2 aliphatic rings. The van der Waals surface area contributed by atoms with Gasteiger partial charge in [0.25, 0.3) is 5.91 Å². The number of aliphatic imine (C=N–C) groups is 1. The van der Waals surface area contributed by atoms with Gasteiger partial charge in [-0.25, -0.2) is 0 Å². The summed E-state index contributed by atoms with van der Waals surface area (Å²) in [6.45, 7) is 5.93. The van der Waals surface area contributed by atoms with E-state index in [2.05, 4.69) is 22.1 Å². The van der Waals surface area contributed by atoms with E-state index in [4.69, 9.17) is 0 Å². The van der Waals surface area contributed by atoms with E-state index in [-0.39, 0.29) is 18.3 Å². The SMILES string of the molecule is CCc1ccc(NC(=O)C2=C(C)N3CCCN=C3S2)cc1.Cl. The number of carbonyl (C=O) groups is 1. The number of amides is 1. The summed E-state index contributed by atoms with van der Waals surface area (Å²) in [5, 5.41) is 3.94. The molecule has 0 bridgehead atoms. The number of anilines is 1. The lowest BCUT2D eigenvalue weighted by atomic mass is 10.1. The van der Waals surface area contributed by atoms with Crippen molar-refractivity contribution in [2.24, 2.45) is 4.99 Å². The summed E-state index contributed by atoms with van der Waals surface area (Å²) < 4.78 is 0. The van der Waals surface area contributed by atoms with Crippen molar-refractivity contribution in [2.75, 3.05) is 18.4 Å². The van der Waals surface area contributed by atoms with Crippen molar-refractivity contribution in [1.82, 2.24) is 4.90 Å². The van der Waals surface area contributed by atoms with Gasteiger partial charge in [0, 0.05) is 24.5 Å². The molecule has 0 spiro atoms. The second-order valence-corrected chi connectivity index (χ2v) is 6.17. The van der Waals surface area contributed by atoms with Crippen molar-refractivity contribution in [3.63, 3.8) is 0 Å². The van der Waals surface area contributed by atoms with E-state index in [0.29, 0.717) is 0 Å². The highest BCUT2D eigenvalue weighted by molar-refractivity contribution is 8.18. The van der Waals surface area contributed by atoms with E-state index >= 15 is 0 Å². The van der Waals surface area contributed by atoms with Crippen LogP contribution in [0, 0.1) is 0 Å². The molecule has 0 fully saturated rings. The molecule has 118 valence electrons. The van der Waals surface area contributed by atoms with Gasteiger partial charge in [-0.05, 0) is 49.2 Å². The number of halogens is 1. The van der Waals surface area contributed by atoms with Gasteiger partial charge in [0.15, 0.2) is 5.17 Å². The number of hydrogen-bond donors (Lipinski definition) is 1. The fraction of sp³-hybridized carbons (Fsp3) is 0.375. The summed E-state index contributed by atoms with van der Waals surface area (Å²) in [6.07, 6.45) is 2.05. The Morgan fingerprint density at radius 2 is 2.09 bits per heavy atom. The first kappa shape index (κ1) is 16.9. The third kappa shape index (κ3) is 3.31. The van der Waals surface area contributed by atoms with Crippen LogP contribution in [0.5, 0.6) is 0 Å². The van der Waals surface area contributed by atoms with Crippen molar-refractivity contribution >= 4 is 40.9 Å². The molecule has 22 heavy (non-hydrogen) atoms. The van der Waals surface area contributed by atoms with Gasteiger partial charge < -0.3 is 10.2 Å². The van der Waals surface area contributed by atoms with Gasteiger partial charge in [-0.2, -0.15) is 0 Å². The van der Waals surface area contributed by atoms with Crippen LogP contribution < -0.4 is 5.32 Å². The van der Waals surface area contributed by atoms with Crippen LogP contribution in [0.15, 0.2) is 39.9 Å². The highest BCUT2D eigenvalue weighted by Crippen LogP contribution is 2.36. The first-order valence-corrected chi connectivity index (χ1v) is 8.11. The van der Waals surface area contributed by atoms with Crippen molar-refractivity contribution in [1.29, 1.82) is 0 Å². The number of nitrogens with one attached hydrogen (secondary N) is 1. The Kier molecular flexibility index (Phi) is 5.53. The quantitative estimate of drug-likeness (QED) is 0.915. The smallest absolute Gasteiger partial charge is 0.264 e. The number of aryl methyl sites for hydroxylation is 1. The first-order valence-electron chi connectivity index (χ1n) is 7.30. The molecule has 0 radical (unpaired) electrons. The lowest BCUT2D eigenvalue weighted by Crippen LogP contribution is -2.28. The minimum atomic E-state index is -0.0427. The number of benzene rings is 1. The van der Waals surface area contributed by atoms with Crippen LogP contribution in [0.4, 0.5) is 5.69 Å². The molecule has 1 aromatic rings. The maximum absolute atomic E-state index is 12.5. The summed E-state index contributed by atoms with van der Waals surface area (Å²) in [5.41, 5.74) is 3.12. The van der Waals surface area contributed by atoms with E-state index < -0.39 is 0 Å². The Balaban J connectivity index is 0.00000176. The predicted molar refractivity (Wildman–Crippen MR) is 95.6 cm³/mol. The molecular weight excluding hydrogens is 318 g/mol. The third-order valence-corrected chi connectivity index (χ3v) is 4.99. The Bertz CT molecular complexity index is 625. The summed E-state index contributed by atoms with van der Waals surface area (Å²) in [6, 6.07) is 8.01. The number of carbonyl (C=O) groups excluding carboxylic acids is 1. The maximum atomic E-state index is 12.5. The summed E-state index contributed by atoms with van der Waals surface area (Å²) in [4.78, 5) is 19.8. The number of rotatable bonds is 3. The number of allylic oxidation sites excluding steroid dienone is 1. The second-order valence-electron chi connectivity index (χ2n) is 5.19. The van der Waals surface area contributed by atoms with Crippen molar-refractivity contribution in [3.8, 4) is 0 Å². The standard InChI is InChI=1S/C16H19N3OS.ClH/c1-3-12-5-7-13(8-6-12)18-15(20)14-11(2)19-10-4-9-17-16(19)21-14;/h5-8H,3-4,9-10H2,1-2H3,(H,18,20);1H. The number of nitrogens with zero attached hydrogens (tertiary/aromatic N) is 2. The lowest BCUT2D eigenvalue weighted by molar-refractivity contribution is -0.112. The summed E-state index contributed by atoms with van der Waals surface area (Å²) >= 11 is 1.48. The Morgan fingerprint density at radius 1 is 1.36 bits per heavy atom. The number of hydrogen-bond acceptors (Lipinski definition) is 4. The molecule has 0 aromatic heterocycles. The molecule has 0 saturated heterocycles. The number of thioether (sulfide) groups is 1. The van der Waals surface area contributed by atoms with Crippen molar-refractivity contribution < 1.29 is 4.79 Å². The molecule has 0 saturated carbocycles. The monoisotopic (exact) mass is 337 g/mol. The average molecular weight is 338 g/mol. The number of fused-ring (bicyclic) bond motifs is 1. The lowest BCUT2D eigenvalue weighted by Gasteiger charge is -2.23. The van der Waals surface area contributed by atoms with Crippen molar-refractivity contribution in [3.05, 3.63) is 40.4 Å². The topological polar surface area (TPSA) is 44.7 Å². The summed E-state index contributed by atoms with van der Waals surface area (Å²) in [7, 11) is 0. The molecule has 0 unspecified atom stereocenters. The van der Waals surface area contributed by atoms with Crippen LogP contribution in [-0.4, -0.2) is 29.1 Å². The average Bonchev–Trinajstić information content (AvgIpc) is 2.86. The van der Waals surface area contributed by atoms with E-state index in [1.165, 1.54) is 17.3 Å². The molecule has 1 amide bonds. The van der Waals surface area contributed by atoms with Crippen LogP contribution >= 0.6 is 24.2 Å².